The van der Waals surface area contributed by atoms with Crippen molar-refractivity contribution >= 4 is 11.8 Å². The van der Waals surface area contributed by atoms with E-state index in [9.17, 15) is 9.90 Å². The first kappa shape index (κ1) is 14.4. The average molecular weight is 252 g/mol. The topological polar surface area (TPSA) is 62.7 Å². The van der Waals surface area contributed by atoms with Crippen LogP contribution in [0.5, 0.6) is 0 Å². The second-order valence-corrected chi connectivity index (χ2v) is 4.79. The van der Waals surface area contributed by atoms with Gasteiger partial charge in [0.2, 0.25) is 0 Å². The number of likely N-dealkylation sites (N-methyl/N-ethyl adjacent to an activating group) is 1. The number of anilines is 1. The third-order valence-corrected chi connectivity index (χ3v) is 2.27. The number of rotatable bonds is 5. The Morgan fingerprint density at radius 3 is 2.61 bits per heavy atom. The molecule has 0 fully saturated rings. The van der Waals surface area contributed by atoms with Gasteiger partial charge < -0.3 is 14.7 Å². The van der Waals surface area contributed by atoms with Crippen LogP contribution in [0.25, 0.3) is 0 Å². The highest BCUT2D eigenvalue weighted by Crippen LogP contribution is 2.13. The van der Waals surface area contributed by atoms with Crippen molar-refractivity contribution in [3.05, 3.63) is 23.9 Å². The van der Waals surface area contributed by atoms with E-state index in [1.165, 1.54) is 6.20 Å². The van der Waals surface area contributed by atoms with Gasteiger partial charge in [0.15, 0.2) is 0 Å². The van der Waals surface area contributed by atoms with Crippen LogP contribution in [0.3, 0.4) is 0 Å². The zero-order chi connectivity index (χ0) is 13.8. The Morgan fingerprint density at radius 1 is 1.50 bits per heavy atom. The van der Waals surface area contributed by atoms with E-state index in [0.29, 0.717) is 24.5 Å². The van der Waals surface area contributed by atoms with E-state index in [4.69, 9.17) is 4.74 Å². The van der Waals surface area contributed by atoms with Crippen molar-refractivity contribution in [2.24, 2.45) is 0 Å². The summed E-state index contributed by atoms with van der Waals surface area (Å²) in [4.78, 5) is 17.4. The molecule has 1 aromatic heterocycles. The van der Waals surface area contributed by atoms with Crippen LogP contribution in [0, 0.1) is 0 Å². The molecular weight excluding hydrogens is 232 g/mol. The molecule has 0 saturated carbocycles. The number of hydrogen-bond acceptors (Lipinski definition) is 5. The summed E-state index contributed by atoms with van der Waals surface area (Å²) in [6, 6.07) is 3.40. The highest BCUT2D eigenvalue weighted by molar-refractivity contribution is 5.89. The zero-order valence-electron chi connectivity index (χ0n) is 11.3. The predicted octanol–water partition coefficient (Wildman–Crippen LogP) is 1.47. The lowest BCUT2D eigenvalue weighted by Crippen LogP contribution is -2.36. The molecule has 0 aliphatic rings. The maximum Gasteiger partial charge on any atom is 0.339 e. The lowest BCUT2D eigenvalue weighted by molar-refractivity contribution is 0.0525. The highest BCUT2D eigenvalue weighted by Gasteiger charge is 2.17. The van der Waals surface area contributed by atoms with Crippen LogP contribution in [0.15, 0.2) is 18.3 Å². The second kappa shape index (κ2) is 5.82. The van der Waals surface area contributed by atoms with Crippen molar-refractivity contribution < 1.29 is 14.6 Å². The van der Waals surface area contributed by atoms with Crippen LogP contribution in [0.2, 0.25) is 0 Å². The molecule has 0 saturated heterocycles. The lowest BCUT2D eigenvalue weighted by Gasteiger charge is -2.26. The zero-order valence-corrected chi connectivity index (χ0v) is 11.3. The molecule has 1 rings (SSSR count). The summed E-state index contributed by atoms with van der Waals surface area (Å²) in [5, 5.41) is 9.72. The fraction of sp³-hybridized carbons (Fsp3) is 0.538. The molecule has 0 aromatic carbocycles. The van der Waals surface area contributed by atoms with Gasteiger partial charge in [-0.2, -0.15) is 0 Å². The van der Waals surface area contributed by atoms with Crippen molar-refractivity contribution in [3.63, 3.8) is 0 Å². The summed E-state index contributed by atoms with van der Waals surface area (Å²) in [5.74, 6) is 0.326. The molecule has 0 unspecified atom stereocenters. The second-order valence-electron chi connectivity index (χ2n) is 4.79. The number of hydrogen-bond donors (Lipinski definition) is 1. The molecule has 1 N–H and O–H groups in total. The molecule has 1 heterocycles. The number of carbonyl (C=O) groups is 1. The molecule has 0 bridgehead atoms. The van der Waals surface area contributed by atoms with Gasteiger partial charge in [-0.05, 0) is 32.9 Å². The van der Waals surface area contributed by atoms with E-state index in [2.05, 4.69) is 4.98 Å². The van der Waals surface area contributed by atoms with Crippen LogP contribution in [0.1, 0.15) is 31.1 Å². The minimum Gasteiger partial charge on any atom is -0.462 e. The first-order chi connectivity index (χ1) is 8.33. The maximum absolute atomic E-state index is 11.4. The quantitative estimate of drug-likeness (QED) is 0.804. The molecule has 0 aliphatic carbocycles. The Morgan fingerprint density at radius 2 is 2.17 bits per heavy atom. The summed E-state index contributed by atoms with van der Waals surface area (Å²) in [6.07, 6.45) is 1.48. The van der Waals surface area contributed by atoms with Gasteiger partial charge >= 0.3 is 5.97 Å². The standard InChI is InChI=1S/C13H20N2O3/c1-5-18-12(16)10-6-7-11(14-8-10)15(4)9-13(2,3)17/h6-8,17H,5,9H2,1-4H3. The smallest absolute Gasteiger partial charge is 0.339 e. The normalized spacial score (nSPS) is 11.2. The molecule has 0 atom stereocenters. The molecule has 1 aromatic rings. The van der Waals surface area contributed by atoms with Gasteiger partial charge in [-0.3, -0.25) is 0 Å². The molecule has 0 aliphatic heterocycles. The first-order valence-corrected chi connectivity index (χ1v) is 5.90. The van der Waals surface area contributed by atoms with Gasteiger partial charge in [-0.1, -0.05) is 0 Å². The number of aliphatic hydroxyl groups is 1. The van der Waals surface area contributed by atoms with E-state index >= 15 is 0 Å². The Balaban J connectivity index is 2.73. The van der Waals surface area contributed by atoms with Gasteiger partial charge in [0, 0.05) is 19.8 Å². The van der Waals surface area contributed by atoms with E-state index in [0.717, 1.165) is 0 Å². The molecule has 5 heteroatoms. The van der Waals surface area contributed by atoms with Crippen LogP contribution < -0.4 is 4.90 Å². The number of pyridine rings is 1. The van der Waals surface area contributed by atoms with Gasteiger partial charge in [-0.25, -0.2) is 9.78 Å². The molecular formula is C13H20N2O3. The van der Waals surface area contributed by atoms with E-state index < -0.39 is 5.60 Å². The Bertz CT molecular complexity index is 396. The molecule has 100 valence electrons. The summed E-state index contributed by atoms with van der Waals surface area (Å²) in [6.45, 7) is 6.03. The number of aromatic nitrogens is 1. The highest BCUT2D eigenvalue weighted by atomic mass is 16.5. The molecule has 0 amide bonds. The van der Waals surface area contributed by atoms with Crippen molar-refractivity contribution in [2.45, 2.75) is 26.4 Å². The molecule has 0 radical (unpaired) electrons. The maximum atomic E-state index is 11.4. The van der Waals surface area contributed by atoms with Gasteiger partial charge in [-0.15, -0.1) is 0 Å². The third kappa shape index (κ3) is 4.33. The van der Waals surface area contributed by atoms with Crippen molar-refractivity contribution in [1.29, 1.82) is 0 Å². The summed E-state index contributed by atoms with van der Waals surface area (Å²) in [7, 11) is 1.84. The first-order valence-electron chi connectivity index (χ1n) is 5.90. The molecule has 18 heavy (non-hydrogen) atoms. The van der Waals surface area contributed by atoms with Crippen molar-refractivity contribution in [1.82, 2.24) is 4.98 Å². The molecule has 5 nitrogen and oxygen atoms in total. The Labute approximate surface area is 107 Å². The minimum atomic E-state index is -0.795. The van der Waals surface area contributed by atoms with Crippen LogP contribution in [-0.2, 0) is 4.74 Å². The largest absolute Gasteiger partial charge is 0.462 e. The van der Waals surface area contributed by atoms with Crippen molar-refractivity contribution in [2.75, 3.05) is 25.1 Å². The number of nitrogens with zero attached hydrogens (tertiary/aromatic N) is 2. The lowest BCUT2D eigenvalue weighted by atomic mass is 10.1. The van der Waals surface area contributed by atoms with Gasteiger partial charge in [0.05, 0.1) is 17.8 Å². The van der Waals surface area contributed by atoms with Crippen molar-refractivity contribution in [3.8, 4) is 0 Å². The fourth-order valence-electron chi connectivity index (χ4n) is 1.61. The summed E-state index contributed by atoms with van der Waals surface area (Å²) < 4.78 is 4.88. The third-order valence-electron chi connectivity index (χ3n) is 2.27. The number of carbonyl (C=O) groups excluding carboxylic acids is 1. The summed E-state index contributed by atoms with van der Waals surface area (Å²) >= 11 is 0. The van der Waals surface area contributed by atoms with Crippen LogP contribution in [-0.4, -0.2) is 41.9 Å². The molecule has 0 spiro atoms. The van der Waals surface area contributed by atoms with E-state index in [1.807, 2.05) is 11.9 Å². The fourth-order valence-corrected chi connectivity index (χ4v) is 1.61. The number of ether oxygens (including phenoxy) is 1. The van der Waals surface area contributed by atoms with Gasteiger partial charge in [0.25, 0.3) is 0 Å². The average Bonchev–Trinajstić information content (AvgIpc) is 2.27. The van der Waals surface area contributed by atoms with Crippen LogP contribution >= 0.6 is 0 Å². The SMILES string of the molecule is CCOC(=O)c1ccc(N(C)CC(C)(C)O)nc1. The monoisotopic (exact) mass is 252 g/mol. The summed E-state index contributed by atoms with van der Waals surface area (Å²) in [5.41, 5.74) is -0.367. The Hall–Kier alpha value is -1.62. The number of esters is 1. The van der Waals surface area contributed by atoms with Gasteiger partial charge in [0.1, 0.15) is 5.82 Å². The predicted molar refractivity (Wildman–Crippen MR) is 69.8 cm³/mol. The van der Waals surface area contributed by atoms with E-state index in [1.54, 1.807) is 32.9 Å². The Kier molecular flexibility index (Phi) is 4.67. The van der Waals surface area contributed by atoms with E-state index in [-0.39, 0.29) is 5.97 Å². The minimum absolute atomic E-state index is 0.346. The van der Waals surface area contributed by atoms with Crippen LogP contribution in [0.4, 0.5) is 5.82 Å².